The normalized spacial score (nSPS) is 18.4. The Kier molecular flexibility index (Phi) is 9.56. The summed E-state index contributed by atoms with van der Waals surface area (Å²) >= 11 is 0. The van der Waals surface area contributed by atoms with Crippen LogP contribution in [0.2, 0.25) is 0 Å². The third-order valence-corrected chi connectivity index (χ3v) is 6.60. The number of hydrogen-bond donors (Lipinski definition) is 1. The van der Waals surface area contributed by atoms with Crippen LogP contribution in [0.1, 0.15) is 37.4 Å². The molecular formula is C30H36N2O6. The highest BCUT2D eigenvalue weighted by Crippen LogP contribution is 2.41. The molecule has 1 N–H and O–H groups in total. The van der Waals surface area contributed by atoms with Crippen LogP contribution in [-0.4, -0.2) is 79.2 Å². The van der Waals surface area contributed by atoms with Gasteiger partial charge in [0.15, 0.2) is 23.0 Å². The van der Waals surface area contributed by atoms with Crippen LogP contribution in [0.25, 0.3) is 6.08 Å². The van der Waals surface area contributed by atoms with Gasteiger partial charge in [-0.2, -0.15) is 0 Å². The van der Waals surface area contributed by atoms with Crippen LogP contribution in [0.15, 0.2) is 65.9 Å². The highest BCUT2D eigenvalue weighted by Gasteiger charge is 2.43. The van der Waals surface area contributed by atoms with Gasteiger partial charge in [-0.15, -0.1) is 0 Å². The molecule has 2 aromatic rings. The predicted octanol–water partition coefficient (Wildman–Crippen LogP) is 4.18. The van der Waals surface area contributed by atoms with Crippen molar-refractivity contribution in [3.05, 3.63) is 77.1 Å². The molecule has 1 saturated heterocycles. The van der Waals surface area contributed by atoms with Crippen molar-refractivity contribution < 1.29 is 28.9 Å². The molecule has 0 spiro atoms. The summed E-state index contributed by atoms with van der Waals surface area (Å²) in [6, 6.07) is 14.1. The zero-order valence-electron chi connectivity index (χ0n) is 22.1. The van der Waals surface area contributed by atoms with Gasteiger partial charge in [0.1, 0.15) is 0 Å². The largest absolute Gasteiger partial charge is 0.503 e. The third-order valence-electron chi connectivity index (χ3n) is 6.60. The van der Waals surface area contributed by atoms with Gasteiger partial charge in [0.05, 0.1) is 38.0 Å². The Labute approximate surface area is 224 Å². The molecule has 0 aromatic heterocycles. The number of aliphatic hydroxyl groups is 1. The van der Waals surface area contributed by atoms with Crippen molar-refractivity contribution >= 4 is 17.8 Å². The highest BCUT2D eigenvalue weighted by atomic mass is 16.5. The Morgan fingerprint density at radius 1 is 1.05 bits per heavy atom. The Balaban J connectivity index is 1.68. The summed E-state index contributed by atoms with van der Waals surface area (Å²) in [5.74, 6) is -0.334. The maximum absolute atomic E-state index is 13.5. The lowest BCUT2D eigenvalue weighted by atomic mass is 9.95. The van der Waals surface area contributed by atoms with Crippen molar-refractivity contribution in [3.8, 4) is 11.5 Å². The maximum Gasteiger partial charge on any atom is 0.290 e. The van der Waals surface area contributed by atoms with Crippen LogP contribution in [0.5, 0.6) is 11.5 Å². The molecule has 0 radical (unpaired) electrons. The van der Waals surface area contributed by atoms with Crippen LogP contribution >= 0.6 is 0 Å². The molecule has 2 aliphatic rings. The second-order valence-electron chi connectivity index (χ2n) is 9.21. The number of hydrogen-bond acceptors (Lipinski definition) is 7. The summed E-state index contributed by atoms with van der Waals surface area (Å²) in [4.78, 5) is 30.6. The Morgan fingerprint density at radius 2 is 1.82 bits per heavy atom. The van der Waals surface area contributed by atoms with Crippen molar-refractivity contribution in [1.29, 1.82) is 0 Å². The van der Waals surface area contributed by atoms with Gasteiger partial charge in [0.25, 0.3) is 5.91 Å². The summed E-state index contributed by atoms with van der Waals surface area (Å²) in [6.07, 6.45) is 3.95. The van der Waals surface area contributed by atoms with Gasteiger partial charge in [0.2, 0.25) is 0 Å². The van der Waals surface area contributed by atoms with Crippen molar-refractivity contribution in [1.82, 2.24) is 9.80 Å². The molecule has 1 unspecified atom stereocenters. The van der Waals surface area contributed by atoms with E-state index in [0.717, 1.165) is 25.1 Å². The van der Waals surface area contributed by atoms with Gasteiger partial charge < -0.3 is 24.2 Å². The molecule has 202 valence electrons. The first-order chi connectivity index (χ1) is 18.5. The van der Waals surface area contributed by atoms with E-state index in [9.17, 15) is 14.7 Å². The van der Waals surface area contributed by atoms with Crippen LogP contribution in [0, 0.1) is 0 Å². The first kappa shape index (κ1) is 27.4. The lowest BCUT2D eigenvalue weighted by molar-refractivity contribution is -0.129. The number of carbonyl (C=O) groups excluding carboxylic acids is 2. The summed E-state index contributed by atoms with van der Waals surface area (Å²) < 4.78 is 17.1. The van der Waals surface area contributed by atoms with Crippen LogP contribution in [0.3, 0.4) is 0 Å². The quantitative estimate of drug-likeness (QED) is 0.420. The van der Waals surface area contributed by atoms with Gasteiger partial charge in [-0.1, -0.05) is 49.4 Å². The minimum atomic E-state index is -0.754. The standard InChI is InChI=1S/C30H36N2O6/c1-3-18-38-25-13-11-23(21-26(25)37-4-2)28-27(24(33)12-10-22-8-6-5-7-9-22)29(34)30(35)32(28)15-14-31-16-19-36-20-17-31/h5-13,21,28,34H,3-4,14-20H2,1-2H3. The smallest absolute Gasteiger partial charge is 0.290 e. The van der Waals surface area contributed by atoms with E-state index >= 15 is 0 Å². The molecular weight excluding hydrogens is 484 g/mol. The zero-order valence-corrected chi connectivity index (χ0v) is 22.1. The van der Waals surface area contributed by atoms with E-state index in [-0.39, 0.29) is 5.57 Å². The van der Waals surface area contributed by atoms with Crippen molar-refractivity contribution in [2.75, 3.05) is 52.6 Å². The topological polar surface area (TPSA) is 88.5 Å². The molecule has 0 aliphatic carbocycles. The zero-order chi connectivity index (χ0) is 26.9. The molecule has 0 saturated carbocycles. The first-order valence-corrected chi connectivity index (χ1v) is 13.2. The maximum atomic E-state index is 13.5. The van der Waals surface area contributed by atoms with E-state index in [4.69, 9.17) is 14.2 Å². The first-order valence-electron chi connectivity index (χ1n) is 13.2. The fraction of sp³-hybridized carbons (Fsp3) is 0.400. The number of aliphatic hydroxyl groups excluding tert-OH is 1. The molecule has 1 atom stereocenters. The van der Waals surface area contributed by atoms with Gasteiger partial charge in [-0.25, -0.2) is 0 Å². The number of ether oxygens (including phenoxy) is 3. The highest BCUT2D eigenvalue weighted by molar-refractivity contribution is 6.14. The Hall–Kier alpha value is -3.62. The van der Waals surface area contributed by atoms with Crippen molar-refractivity contribution in [2.45, 2.75) is 26.3 Å². The van der Waals surface area contributed by atoms with E-state index in [2.05, 4.69) is 4.90 Å². The number of morpholine rings is 1. The number of carbonyl (C=O) groups is 2. The second kappa shape index (κ2) is 13.3. The van der Waals surface area contributed by atoms with E-state index < -0.39 is 23.5 Å². The molecule has 1 amide bonds. The van der Waals surface area contributed by atoms with Gasteiger partial charge >= 0.3 is 0 Å². The summed E-state index contributed by atoms with van der Waals surface area (Å²) in [5, 5.41) is 11.0. The van der Waals surface area contributed by atoms with Gasteiger partial charge in [0, 0.05) is 26.2 Å². The summed E-state index contributed by atoms with van der Waals surface area (Å²) in [5.41, 5.74) is 1.59. The predicted molar refractivity (Wildman–Crippen MR) is 145 cm³/mol. The Bertz CT molecular complexity index is 1170. The average molecular weight is 521 g/mol. The number of benzene rings is 2. The average Bonchev–Trinajstić information content (AvgIpc) is 3.20. The molecule has 8 heteroatoms. The minimum Gasteiger partial charge on any atom is -0.503 e. The second-order valence-corrected chi connectivity index (χ2v) is 9.21. The summed E-state index contributed by atoms with van der Waals surface area (Å²) in [7, 11) is 0. The van der Waals surface area contributed by atoms with E-state index in [0.29, 0.717) is 56.6 Å². The van der Waals surface area contributed by atoms with Crippen LogP contribution in [-0.2, 0) is 14.3 Å². The Morgan fingerprint density at radius 3 is 2.53 bits per heavy atom. The van der Waals surface area contributed by atoms with Gasteiger partial charge in [-0.3, -0.25) is 14.5 Å². The fourth-order valence-corrected chi connectivity index (χ4v) is 4.68. The summed E-state index contributed by atoms with van der Waals surface area (Å²) in [6.45, 7) is 8.69. The number of ketones is 1. The minimum absolute atomic E-state index is 0.0637. The lowest BCUT2D eigenvalue weighted by Gasteiger charge is -2.31. The van der Waals surface area contributed by atoms with E-state index in [1.165, 1.54) is 6.08 Å². The number of allylic oxidation sites excluding steroid dienone is 1. The van der Waals surface area contributed by atoms with Crippen LogP contribution in [0.4, 0.5) is 0 Å². The fourth-order valence-electron chi connectivity index (χ4n) is 4.68. The molecule has 1 fully saturated rings. The van der Waals surface area contributed by atoms with Crippen LogP contribution < -0.4 is 9.47 Å². The molecule has 38 heavy (non-hydrogen) atoms. The lowest BCUT2D eigenvalue weighted by Crippen LogP contribution is -2.43. The molecule has 0 bridgehead atoms. The van der Waals surface area contributed by atoms with Crippen molar-refractivity contribution in [2.24, 2.45) is 0 Å². The van der Waals surface area contributed by atoms with E-state index in [1.807, 2.05) is 50.2 Å². The number of rotatable bonds is 12. The molecule has 2 heterocycles. The molecule has 2 aliphatic heterocycles. The SMILES string of the molecule is CCCOc1ccc(C2C(C(=O)C=Cc3ccccc3)=C(O)C(=O)N2CCN2CCOCC2)cc1OCC. The molecule has 2 aromatic carbocycles. The van der Waals surface area contributed by atoms with Gasteiger partial charge in [-0.05, 0) is 42.7 Å². The number of nitrogens with zero attached hydrogens (tertiary/aromatic N) is 2. The monoisotopic (exact) mass is 520 g/mol. The third kappa shape index (κ3) is 6.44. The van der Waals surface area contributed by atoms with E-state index in [1.54, 1.807) is 23.1 Å². The molecule has 4 rings (SSSR count). The van der Waals surface area contributed by atoms with Crippen molar-refractivity contribution in [3.63, 3.8) is 0 Å². The molecule has 8 nitrogen and oxygen atoms in total. The number of amides is 1.